The molecule has 2 aromatic heterocycles. The van der Waals surface area contributed by atoms with Gasteiger partial charge >= 0.3 is 0 Å². The van der Waals surface area contributed by atoms with Crippen LogP contribution in [0.2, 0.25) is 0 Å². The maximum absolute atomic E-state index is 13.6. The van der Waals surface area contributed by atoms with E-state index in [1.807, 2.05) is 0 Å². The maximum atomic E-state index is 13.6. The number of hydrogen-bond donors (Lipinski definition) is 1. The van der Waals surface area contributed by atoms with E-state index in [1.54, 1.807) is 36.5 Å². The van der Waals surface area contributed by atoms with Crippen molar-refractivity contribution in [1.29, 1.82) is 0 Å². The van der Waals surface area contributed by atoms with E-state index in [0.29, 0.717) is 17.1 Å². The van der Waals surface area contributed by atoms with E-state index in [-0.39, 0.29) is 5.82 Å². The molecule has 0 aliphatic heterocycles. The number of aromatic amines is 1. The molecule has 3 rings (SSSR count). The summed E-state index contributed by atoms with van der Waals surface area (Å²) in [4.78, 5) is 8.39. The number of nitrogens with one attached hydrogen (secondary N) is 1. The Morgan fingerprint density at radius 2 is 2.06 bits per heavy atom. The average Bonchev–Trinajstić information content (AvgIpc) is 2.93. The first-order valence-electron chi connectivity index (χ1n) is 5.34. The fraction of sp³-hybridized carbons (Fsp3) is 0. The van der Waals surface area contributed by atoms with Crippen LogP contribution in [0.3, 0.4) is 0 Å². The van der Waals surface area contributed by atoms with Crippen LogP contribution in [-0.2, 0) is 0 Å². The van der Waals surface area contributed by atoms with Gasteiger partial charge in [0.1, 0.15) is 12.0 Å². The van der Waals surface area contributed by atoms with Gasteiger partial charge in [-0.1, -0.05) is 12.1 Å². The van der Waals surface area contributed by atoms with E-state index >= 15 is 0 Å². The van der Waals surface area contributed by atoms with Crippen LogP contribution in [-0.4, -0.2) is 20.2 Å². The van der Waals surface area contributed by atoms with Gasteiger partial charge in [-0.15, -0.1) is 0 Å². The minimum atomic E-state index is -0.342. The minimum Gasteiger partial charge on any atom is -0.276 e. The van der Waals surface area contributed by atoms with Crippen LogP contribution < -0.4 is 0 Å². The van der Waals surface area contributed by atoms with E-state index in [0.717, 1.165) is 5.69 Å². The average molecular weight is 239 g/mol. The summed E-state index contributed by atoms with van der Waals surface area (Å²) in [7, 11) is 0. The Kier molecular flexibility index (Phi) is 2.57. The van der Waals surface area contributed by atoms with Crippen LogP contribution in [0.1, 0.15) is 0 Å². The van der Waals surface area contributed by atoms with Crippen LogP contribution in [0, 0.1) is 12.0 Å². The zero-order valence-corrected chi connectivity index (χ0v) is 9.26. The van der Waals surface area contributed by atoms with Crippen LogP contribution in [0.15, 0.2) is 42.6 Å². The summed E-state index contributed by atoms with van der Waals surface area (Å²) in [6.45, 7) is 0. The van der Waals surface area contributed by atoms with Gasteiger partial charge in [-0.05, 0) is 24.3 Å². The fourth-order valence-corrected chi connectivity index (χ4v) is 1.63. The molecule has 0 spiro atoms. The molecule has 1 aromatic carbocycles. The zero-order chi connectivity index (χ0) is 12.4. The predicted molar refractivity (Wildman–Crippen MR) is 63.8 cm³/mol. The topological polar surface area (TPSA) is 54.5 Å². The van der Waals surface area contributed by atoms with Crippen molar-refractivity contribution in [2.45, 2.75) is 0 Å². The summed E-state index contributed by atoms with van der Waals surface area (Å²) in [5, 5.41) is 6.49. The van der Waals surface area contributed by atoms with Crippen LogP contribution in [0.25, 0.3) is 22.8 Å². The van der Waals surface area contributed by atoms with Crippen molar-refractivity contribution in [3.8, 4) is 22.8 Å². The standard InChI is InChI=1S/C13H8FN4/c14-10-4-2-1-3-9(10)13-15-7-5-11(17-13)12-6-8-16-18-12/h1-7H,(H,16,18). The van der Waals surface area contributed by atoms with Crippen molar-refractivity contribution in [1.82, 2.24) is 20.2 Å². The second-order valence-corrected chi connectivity index (χ2v) is 3.66. The van der Waals surface area contributed by atoms with E-state index in [2.05, 4.69) is 26.4 Å². The lowest BCUT2D eigenvalue weighted by atomic mass is 10.2. The number of rotatable bonds is 2. The normalized spacial score (nSPS) is 10.5. The fourth-order valence-electron chi connectivity index (χ4n) is 1.63. The molecular weight excluding hydrogens is 231 g/mol. The number of benzene rings is 1. The minimum absolute atomic E-state index is 0.342. The van der Waals surface area contributed by atoms with Gasteiger partial charge in [-0.2, -0.15) is 5.10 Å². The zero-order valence-electron chi connectivity index (χ0n) is 9.26. The SMILES string of the molecule is Fc1ccccc1-c1nccc(-c2c[c]n[nH]2)n1. The number of halogens is 1. The van der Waals surface area contributed by atoms with Gasteiger partial charge < -0.3 is 0 Å². The molecule has 0 atom stereocenters. The molecule has 3 aromatic rings. The summed E-state index contributed by atoms with van der Waals surface area (Å²) in [5.74, 6) is 0.00558. The van der Waals surface area contributed by atoms with Crippen molar-refractivity contribution in [3.63, 3.8) is 0 Å². The summed E-state index contributed by atoms with van der Waals surface area (Å²) in [5.41, 5.74) is 1.75. The molecule has 87 valence electrons. The molecule has 0 saturated heterocycles. The first kappa shape index (κ1) is 10.6. The monoisotopic (exact) mass is 239 g/mol. The highest BCUT2D eigenvalue weighted by atomic mass is 19.1. The molecule has 5 heteroatoms. The smallest absolute Gasteiger partial charge is 0.162 e. The molecular formula is C13H8FN4. The van der Waals surface area contributed by atoms with Crippen molar-refractivity contribution in [2.24, 2.45) is 0 Å². The van der Waals surface area contributed by atoms with E-state index in [4.69, 9.17) is 0 Å². The Labute approximate surface area is 103 Å². The lowest BCUT2D eigenvalue weighted by Crippen LogP contribution is -1.93. The molecule has 0 saturated carbocycles. The molecule has 0 aliphatic carbocycles. The molecule has 0 amide bonds. The molecule has 0 bridgehead atoms. The highest BCUT2D eigenvalue weighted by Gasteiger charge is 2.09. The van der Waals surface area contributed by atoms with Gasteiger partial charge in [0.25, 0.3) is 0 Å². The summed E-state index contributed by atoms with van der Waals surface area (Å²) in [6, 6.07) is 9.81. The molecule has 4 nitrogen and oxygen atoms in total. The third-order valence-corrected chi connectivity index (χ3v) is 2.50. The highest BCUT2D eigenvalue weighted by molar-refractivity contribution is 5.60. The second-order valence-electron chi connectivity index (χ2n) is 3.66. The second kappa shape index (κ2) is 4.37. The molecule has 18 heavy (non-hydrogen) atoms. The molecule has 0 fully saturated rings. The van der Waals surface area contributed by atoms with E-state index in [9.17, 15) is 4.39 Å². The van der Waals surface area contributed by atoms with E-state index < -0.39 is 0 Å². The van der Waals surface area contributed by atoms with Gasteiger partial charge in [0.05, 0.1) is 17.0 Å². The lowest BCUT2D eigenvalue weighted by molar-refractivity contribution is 0.630. The highest BCUT2D eigenvalue weighted by Crippen LogP contribution is 2.21. The van der Waals surface area contributed by atoms with Crippen molar-refractivity contribution in [2.75, 3.05) is 0 Å². The third-order valence-electron chi connectivity index (χ3n) is 2.50. The third kappa shape index (κ3) is 1.86. The molecule has 0 unspecified atom stereocenters. The van der Waals surface area contributed by atoms with Crippen molar-refractivity contribution >= 4 is 0 Å². The first-order valence-corrected chi connectivity index (χ1v) is 5.34. The summed E-state index contributed by atoms with van der Waals surface area (Å²) >= 11 is 0. The number of hydrogen-bond acceptors (Lipinski definition) is 3. The van der Waals surface area contributed by atoms with Crippen LogP contribution in [0.5, 0.6) is 0 Å². The van der Waals surface area contributed by atoms with Crippen molar-refractivity contribution < 1.29 is 4.39 Å². The number of nitrogens with zero attached hydrogens (tertiary/aromatic N) is 3. The Morgan fingerprint density at radius 3 is 2.83 bits per heavy atom. The van der Waals surface area contributed by atoms with Gasteiger partial charge in [0.2, 0.25) is 0 Å². The van der Waals surface area contributed by atoms with E-state index in [1.165, 1.54) is 6.07 Å². The van der Waals surface area contributed by atoms with Gasteiger partial charge in [-0.25, -0.2) is 14.4 Å². The molecule has 1 N–H and O–H groups in total. The number of H-pyrrole nitrogens is 1. The predicted octanol–water partition coefficient (Wildman–Crippen LogP) is 2.47. The molecule has 0 aliphatic rings. The van der Waals surface area contributed by atoms with Crippen molar-refractivity contribution in [3.05, 3.63) is 54.6 Å². The van der Waals surface area contributed by atoms with Crippen LogP contribution in [0.4, 0.5) is 4.39 Å². The van der Waals surface area contributed by atoms with Gasteiger partial charge in [-0.3, -0.25) is 5.10 Å². The lowest BCUT2D eigenvalue weighted by Gasteiger charge is -2.03. The molecule has 1 radical (unpaired) electrons. The molecule has 2 heterocycles. The Balaban J connectivity index is 2.10. The Bertz CT molecular complexity index is 664. The Morgan fingerprint density at radius 1 is 1.17 bits per heavy atom. The largest absolute Gasteiger partial charge is 0.276 e. The summed E-state index contributed by atoms with van der Waals surface area (Å²) < 4.78 is 13.6. The first-order chi connectivity index (χ1) is 8.84. The quantitative estimate of drug-likeness (QED) is 0.747. The van der Waals surface area contributed by atoms with Gasteiger partial charge in [0, 0.05) is 6.20 Å². The summed E-state index contributed by atoms with van der Waals surface area (Å²) in [6.07, 6.45) is 4.25. The maximum Gasteiger partial charge on any atom is 0.162 e. The van der Waals surface area contributed by atoms with Gasteiger partial charge in [0.15, 0.2) is 5.82 Å². The van der Waals surface area contributed by atoms with Crippen LogP contribution >= 0.6 is 0 Å². The number of aromatic nitrogens is 4. The Hall–Kier alpha value is -2.56.